The van der Waals surface area contributed by atoms with Crippen LogP contribution in [0.4, 0.5) is 6.01 Å². The number of anilines is 1. The first-order chi connectivity index (χ1) is 8.22. The Morgan fingerprint density at radius 1 is 1.41 bits per heavy atom. The summed E-state index contributed by atoms with van der Waals surface area (Å²) in [5.41, 5.74) is 1.79. The SMILES string of the molecule is CN(CC1CC(Br)C1)c1nc2ccccc2o1. The Morgan fingerprint density at radius 3 is 2.88 bits per heavy atom. The zero-order valence-electron chi connectivity index (χ0n) is 9.77. The van der Waals surface area contributed by atoms with Crippen molar-refractivity contribution in [2.24, 2.45) is 5.92 Å². The van der Waals surface area contributed by atoms with E-state index < -0.39 is 0 Å². The van der Waals surface area contributed by atoms with Crippen molar-refractivity contribution in [3.63, 3.8) is 0 Å². The highest BCUT2D eigenvalue weighted by Gasteiger charge is 2.28. The fraction of sp³-hybridized carbons (Fsp3) is 0.462. The van der Waals surface area contributed by atoms with Crippen LogP contribution in [0.2, 0.25) is 0 Å². The zero-order chi connectivity index (χ0) is 11.8. The minimum absolute atomic E-state index is 0.713. The smallest absolute Gasteiger partial charge is 0.298 e. The van der Waals surface area contributed by atoms with E-state index in [1.54, 1.807) is 0 Å². The zero-order valence-corrected chi connectivity index (χ0v) is 11.4. The van der Waals surface area contributed by atoms with E-state index in [2.05, 4.69) is 25.8 Å². The van der Waals surface area contributed by atoms with E-state index in [0.29, 0.717) is 4.83 Å². The molecule has 0 amide bonds. The van der Waals surface area contributed by atoms with Crippen molar-refractivity contribution in [3.8, 4) is 0 Å². The van der Waals surface area contributed by atoms with Gasteiger partial charge in [-0.05, 0) is 30.9 Å². The number of para-hydroxylation sites is 2. The topological polar surface area (TPSA) is 29.3 Å². The number of aromatic nitrogens is 1. The highest BCUT2D eigenvalue weighted by Crippen LogP contribution is 2.34. The summed E-state index contributed by atoms with van der Waals surface area (Å²) >= 11 is 3.62. The molecule has 17 heavy (non-hydrogen) atoms. The normalized spacial score (nSPS) is 23.6. The molecule has 1 heterocycles. The summed E-state index contributed by atoms with van der Waals surface area (Å²) in [5.74, 6) is 0.763. The summed E-state index contributed by atoms with van der Waals surface area (Å²) in [6.07, 6.45) is 2.51. The molecule has 1 aliphatic carbocycles. The van der Waals surface area contributed by atoms with Gasteiger partial charge in [0.25, 0.3) is 6.01 Å². The molecule has 0 bridgehead atoms. The standard InChI is InChI=1S/C13H15BrN2O/c1-16(8-9-6-10(14)7-9)13-15-11-4-2-3-5-12(11)17-13/h2-5,9-10H,6-8H2,1H3. The minimum atomic E-state index is 0.713. The maximum absolute atomic E-state index is 5.73. The predicted octanol–water partition coefficient (Wildman–Crippen LogP) is 3.44. The van der Waals surface area contributed by atoms with Crippen molar-refractivity contribution < 1.29 is 4.42 Å². The maximum atomic E-state index is 5.73. The van der Waals surface area contributed by atoms with Crippen LogP contribution in [0.5, 0.6) is 0 Å². The van der Waals surface area contributed by atoms with Crippen molar-refractivity contribution in [2.75, 3.05) is 18.5 Å². The van der Waals surface area contributed by atoms with Gasteiger partial charge >= 0.3 is 0 Å². The lowest BCUT2D eigenvalue weighted by Crippen LogP contribution is -2.34. The summed E-state index contributed by atoms with van der Waals surface area (Å²) in [6, 6.07) is 8.62. The Morgan fingerprint density at radius 2 is 2.18 bits per heavy atom. The molecule has 0 aliphatic heterocycles. The molecule has 0 N–H and O–H groups in total. The molecule has 0 radical (unpaired) electrons. The molecule has 0 spiro atoms. The molecule has 1 aliphatic rings. The fourth-order valence-electron chi connectivity index (χ4n) is 2.29. The number of oxazole rings is 1. The quantitative estimate of drug-likeness (QED) is 0.812. The van der Waals surface area contributed by atoms with Crippen molar-refractivity contribution in [1.29, 1.82) is 0 Å². The number of hydrogen-bond donors (Lipinski definition) is 0. The fourth-order valence-corrected chi connectivity index (χ4v) is 3.35. The van der Waals surface area contributed by atoms with Gasteiger partial charge < -0.3 is 9.32 Å². The second kappa shape index (κ2) is 4.33. The summed E-state index contributed by atoms with van der Waals surface area (Å²) in [7, 11) is 2.05. The van der Waals surface area contributed by atoms with Gasteiger partial charge in [-0.1, -0.05) is 28.1 Å². The molecule has 1 saturated carbocycles. The van der Waals surface area contributed by atoms with Gasteiger partial charge in [-0.2, -0.15) is 4.98 Å². The monoisotopic (exact) mass is 294 g/mol. The van der Waals surface area contributed by atoms with Gasteiger partial charge in [0.1, 0.15) is 5.52 Å². The molecule has 0 atom stereocenters. The van der Waals surface area contributed by atoms with E-state index in [1.807, 2.05) is 31.3 Å². The van der Waals surface area contributed by atoms with E-state index >= 15 is 0 Å². The van der Waals surface area contributed by atoms with E-state index in [9.17, 15) is 0 Å². The summed E-state index contributed by atoms with van der Waals surface area (Å²) in [6.45, 7) is 1.02. The van der Waals surface area contributed by atoms with Crippen LogP contribution in [0.1, 0.15) is 12.8 Å². The number of halogens is 1. The first-order valence-corrected chi connectivity index (χ1v) is 6.84. The summed E-state index contributed by atoms with van der Waals surface area (Å²) < 4.78 is 5.73. The van der Waals surface area contributed by atoms with Crippen LogP contribution >= 0.6 is 15.9 Å². The van der Waals surface area contributed by atoms with Crippen molar-refractivity contribution in [2.45, 2.75) is 17.7 Å². The molecule has 3 rings (SSSR count). The van der Waals surface area contributed by atoms with E-state index in [4.69, 9.17) is 4.42 Å². The molecule has 2 aromatic rings. The third-order valence-corrected chi connectivity index (χ3v) is 4.07. The molecule has 4 heteroatoms. The van der Waals surface area contributed by atoms with Crippen LogP contribution in [0.25, 0.3) is 11.1 Å². The predicted molar refractivity (Wildman–Crippen MR) is 72.7 cm³/mol. The van der Waals surface area contributed by atoms with Gasteiger partial charge in [-0.3, -0.25) is 0 Å². The van der Waals surface area contributed by atoms with Crippen LogP contribution in [0.3, 0.4) is 0 Å². The van der Waals surface area contributed by atoms with Gasteiger partial charge in [0, 0.05) is 18.4 Å². The molecule has 90 valence electrons. The molecule has 3 nitrogen and oxygen atoms in total. The number of benzene rings is 1. The van der Waals surface area contributed by atoms with Gasteiger partial charge in [0.05, 0.1) is 0 Å². The Balaban J connectivity index is 1.74. The molecule has 0 saturated heterocycles. The van der Waals surface area contributed by atoms with Crippen LogP contribution < -0.4 is 4.90 Å². The lowest BCUT2D eigenvalue weighted by molar-refractivity contribution is 0.334. The minimum Gasteiger partial charge on any atom is -0.423 e. The molecular formula is C13H15BrN2O. The Hall–Kier alpha value is -1.03. The average molecular weight is 295 g/mol. The first kappa shape index (κ1) is 11.1. The molecule has 1 fully saturated rings. The van der Waals surface area contributed by atoms with Gasteiger partial charge in [-0.25, -0.2) is 0 Å². The van der Waals surface area contributed by atoms with Crippen LogP contribution in [-0.2, 0) is 0 Å². The largest absolute Gasteiger partial charge is 0.423 e. The maximum Gasteiger partial charge on any atom is 0.298 e. The number of alkyl halides is 1. The first-order valence-electron chi connectivity index (χ1n) is 5.93. The van der Waals surface area contributed by atoms with Gasteiger partial charge in [0.2, 0.25) is 0 Å². The second-order valence-corrected chi connectivity index (χ2v) is 6.07. The lowest BCUT2D eigenvalue weighted by atomic mass is 9.85. The van der Waals surface area contributed by atoms with E-state index in [0.717, 1.165) is 29.6 Å². The van der Waals surface area contributed by atoms with E-state index in [-0.39, 0.29) is 0 Å². The van der Waals surface area contributed by atoms with Crippen molar-refractivity contribution in [3.05, 3.63) is 24.3 Å². The van der Waals surface area contributed by atoms with Crippen molar-refractivity contribution in [1.82, 2.24) is 4.98 Å². The van der Waals surface area contributed by atoms with Crippen LogP contribution in [0, 0.1) is 5.92 Å². The molecule has 1 aromatic carbocycles. The average Bonchev–Trinajstić information content (AvgIpc) is 2.70. The highest BCUT2D eigenvalue weighted by atomic mass is 79.9. The lowest BCUT2D eigenvalue weighted by Gasteiger charge is -2.33. The van der Waals surface area contributed by atoms with Gasteiger partial charge in [0.15, 0.2) is 5.58 Å². The molecule has 1 aromatic heterocycles. The Labute approximate surface area is 109 Å². The second-order valence-electron chi connectivity index (χ2n) is 4.78. The molecular weight excluding hydrogens is 280 g/mol. The number of nitrogens with zero attached hydrogens (tertiary/aromatic N) is 2. The number of rotatable bonds is 3. The number of hydrogen-bond acceptors (Lipinski definition) is 3. The summed E-state index contributed by atoms with van der Waals surface area (Å²) in [4.78, 5) is 7.32. The molecule has 0 unspecified atom stereocenters. The van der Waals surface area contributed by atoms with Crippen LogP contribution in [0.15, 0.2) is 28.7 Å². The third-order valence-electron chi connectivity index (χ3n) is 3.32. The van der Waals surface area contributed by atoms with Crippen molar-refractivity contribution >= 4 is 33.0 Å². The Bertz CT molecular complexity index is 486. The van der Waals surface area contributed by atoms with Crippen LogP contribution in [-0.4, -0.2) is 23.4 Å². The third kappa shape index (κ3) is 2.18. The van der Waals surface area contributed by atoms with Gasteiger partial charge in [-0.15, -0.1) is 0 Å². The number of fused-ring (bicyclic) bond motifs is 1. The Kier molecular flexibility index (Phi) is 2.82. The van der Waals surface area contributed by atoms with E-state index in [1.165, 1.54) is 12.8 Å². The summed E-state index contributed by atoms with van der Waals surface area (Å²) in [5, 5.41) is 0. The highest BCUT2D eigenvalue weighted by molar-refractivity contribution is 9.09.